The molecule has 0 unspecified atom stereocenters. The third-order valence-corrected chi connectivity index (χ3v) is 7.61. The number of nitrogens with two attached hydrogens (primary N) is 2. The van der Waals surface area contributed by atoms with Crippen molar-refractivity contribution in [3.05, 3.63) is 23.3 Å². The molecule has 2 rings (SSSR count). The van der Waals surface area contributed by atoms with E-state index in [4.69, 9.17) is 49.7 Å². The molecule has 0 spiro atoms. The van der Waals surface area contributed by atoms with Gasteiger partial charge in [0, 0.05) is 37.1 Å². The summed E-state index contributed by atoms with van der Waals surface area (Å²) in [5.74, 6) is -1.05. The molecule has 0 fully saturated rings. The van der Waals surface area contributed by atoms with Crippen LogP contribution in [0.3, 0.4) is 0 Å². The van der Waals surface area contributed by atoms with Gasteiger partial charge >= 0.3 is 19.8 Å². The second kappa shape index (κ2) is 23.7. The van der Waals surface area contributed by atoms with Gasteiger partial charge in [-0.3, -0.25) is 9.59 Å². The van der Waals surface area contributed by atoms with E-state index in [-0.39, 0.29) is 60.1 Å². The van der Waals surface area contributed by atoms with Crippen molar-refractivity contribution in [2.24, 2.45) is 11.5 Å². The van der Waals surface area contributed by atoms with Gasteiger partial charge in [0.25, 0.3) is 0 Å². The lowest BCUT2D eigenvalue weighted by Crippen LogP contribution is -2.57. The van der Waals surface area contributed by atoms with Gasteiger partial charge in [0.05, 0.1) is 49.7 Å². The number of carbonyl (C=O) groups is 4. The number of esters is 2. The fourth-order valence-corrected chi connectivity index (χ4v) is 5.24. The maximum Gasteiger partial charge on any atom is 0.466 e. The predicted molar refractivity (Wildman–Crippen MR) is 183 cm³/mol. The van der Waals surface area contributed by atoms with Crippen LogP contribution < -0.4 is 22.1 Å². The number of rotatable bonds is 14. The van der Waals surface area contributed by atoms with E-state index in [1.54, 1.807) is 26.0 Å². The van der Waals surface area contributed by atoms with E-state index in [1.807, 2.05) is 27.7 Å². The molecule has 0 bridgehead atoms. The summed E-state index contributed by atoms with van der Waals surface area (Å²) in [5, 5.41) is 5.68. The van der Waals surface area contributed by atoms with Gasteiger partial charge in [0.15, 0.2) is 0 Å². The molecule has 49 heavy (non-hydrogen) atoms. The predicted octanol–water partition coefficient (Wildman–Crippen LogP) is 1.64. The SMILES string of the molecule is CCOC(=O)C1=C[C@@H](OC(CC)CC)[C@H](NC(C)=O)[C@@H](N)C1.CCOC(=O)C1=C[C@@H](OC(CC)CC)[C@H](NC(C)=O)[C@@H](N)C1.O=P(O)(O)O. The first kappa shape index (κ1) is 46.3. The Balaban J connectivity index is 0.000000826. The lowest BCUT2D eigenvalue weighted by molar-refractivity contribution is -0.140. The number of carbonyl (C=O) groups excluding carboxylic acids is 4. The molecule has 16 nitrogen and oxygen atoms in total. The molecule has 6 atom stereocenters. The molecule has 0 heterocycles. The zero-order valence-corrected chi connectivity index (χ0v) is 30.9. The topological polar surface area (TPSA) is 259 Å². The number of ether oxygens (including phenoxy) is 4. The molecule has 0 saturated carbocycles. The van der Waals surface area contributed by atoms with E-state index in [2.05, 4.69) is 10.6 Å². The van der Waals surface area contributed by atoms with Crippen molar-refractivity contribution in [3.63, 3.8) is 0 Å². The van der Waals surface area contributed by atoms with E-state index in [9.17, 15) is 19.2 Å². The number of hydrogen-bond acceptors (Lipinski definition) is 11. The van der Waals surface area contributed by atoms with E-state index in [0.717, 1.165) is 25.7 Å². The highest BCUT2D eigenvalue weighted by molar-refractivity contribution is 7.45. The Morgan fingerprint density at radius 1 is 0.714 bits per heavy atom. The number of amides is 2. The third kappa shape index (κ3) is 18.8. The van der Waals surface area contributed by atoms with E-state index >= 15 is 0 Å². The molecule has 17 heteroatoms. The van der Waals surface area contributed by atoms with Crippen LogP contribution in [-0.2, 0) is 42.7 Å². The first-order valence-corrected chi connectivity index (χ1v) is 18.3. The van der Waals surface area contributed by atoms with Gasteiger partial charge < -0.3 is 55.7 Å². The van der Waals surface area contributed by atoms with Crippen LogP contribution in [0.4, 0.5) is 0 Å². The van der Waals surface area contributed by atoms with Crippen molar-refractivity contribution in [2.45, 2.75) is 142 Å². The van der Waals surface area contributed by atoms with Crippen LogP contribution in [0, 0.1) is 0 Å². The molecule has 2 aliphatic carbocycles. The average molecular weight is 723 g/mol. The van der Waals surface area contributed by atoms with Crippen LogP contribution >= 0.6 is 7.82 Å². The van der Waals surface area contributed by atoms with Crippen molar-refractivity contribution < 1.29 is 57.4 Å². The fraction of sp³-hybridized carbons (Fsp3) is 0.750. The molecule has 284 valence electrons. The monoisotopic (exact) mass is 722 g/mol. The molecule has 2 amide bonds. The zero-order valence-electron chi connectivity index (χ0n) is 30.0. The molecular formula is C32H59N4O12P. The second-order valence-corrected chi connectivity index (χ2v) is 12.6. The van der Waals surface area contributed by atoms with E-state index in [1.165, 1.54) is 13.8 Å². The first-order chi connectivity index (χ1) is 22.8. The number of phosphoric acid groups is 1. The minimum Gasteiger partial charge on any atom is -0.463 e. The summed E-state index contributed by atoms with van der Waals surface area (Å²) in [6.45, 7) is 15.2. The Bertz CT molecular complexity index is 1070. The van der Waals surface area contributed by atoms with Gasteiger partial charge in [-0.1, -0.05) is 27.7 Å². The lowest BCUT2D eigenvalue weighted by atomic mass is 9.88. The van der Waals surface area contributed by atoms with Gasteiger partial charge in [0.1, 0.15) is 0 Å². The standard InChI is InChI=1S/2C16H28N2O4.H3O4P/c2*1-5-12(6-2)22-14-9-11(16(20)21-7-3)8-13(17)15(14)18-10(4)19;1-5(2,3)4/h2*9,12-15H,5-8,17H2,1-4H3,(H,18,19);(H3,1,2,3,4)/t2*13-,14+,15+;/m00./s1. The molecule has 0 aromatic heterocycles. The van der Waals surface area contributed by atoms with Gasteiger partial charge in [-0.15, -0.1) is 0 Å². The van der Waals surface area contributed by atoms with Crippen molar-refractivity contribution in [2.75, 3.05) is 13.2 Å². The summed E-state index contributed by atoms with van der Waals surface area (Å²) >= 11 is 0. The molecule has 2 aliphatic rings. The molecule has 0 aromatic carbocycles. The summed E-state index contributed by atoms with van der Waals surface area (Å²) in [6.07, 6.45) is 6.95. The highest BCUT2D eigenvalue weighted by Crippen LogP contribution is 2.26. The molecule has 0 aromatic rings. The summed E-state index contributed by atoms with van der Waals surface area (Å²) in [7, 11) is -4.64. The van der Waals surface area contributed by atoms with Crippen LogP contribution in [0.5, 0.6) is 0 Å². The van der Waals surface area contributed by atoms with E-state index in [0.29, 0.717) is 37.2 Å². The van der Waals surface area contributed by atoms with Gasteiger partial charge in [-0.05, 0) is 64.5 Å². The largest absolute Gasteiger partial charge is 0.466 e. The summed E-state index contributed by atoms with van der Waals surface area (Å²) in [4.78, 5) is 68.3. The molecule has 0 radical (unpaired) electrons. The minimum absolute atomic E-state index is 0.0613. The van der Waals surface area contributed by atoms with Crippen molar-refractivity contribution in [1.29, 1.82) is 0 Å². The number of nitrogens with one attached hydrogen (secondary N) is 2. The Morgan fingerprint density at radius 2 is 1.00 bits per heavy atom. The smallest absolute Gasteiger partial charge is 0.463 e. The Kier molecular flexibility index (Phi) is 22.4. The third-order valence-electron chi connectivity index (χ3n) is 7.61. The van der Waals surface area contributed by atoms with Crippen molar-refractivity contribution in [3.8, 4) is 0 Å². The molecule has 0 saturated heterocycles. The highest BCUT2D eigenvalue weighted by atomic mass is 31.2. The summed E-state index contributed by atoms with van der Waals surface area (Å²) < 4.78 is 31.1. The van der Waals surface area contributed by atoms with Crippen LogP contribution in [-0.4, -0.2) is 100 Å². The quantitative estimate of drug-likeness (QED) is 0.0994. The normalized spacial score (nSPS) is 23.5. The van der Waals surface area contributed by atoms with Gasteiger partial charge in [-0.2, -0.15) is 0 Å². The molecule has 0 aliphatic heterocycles. The fourth-order valence-electron chi connectivity index (χ4n) is 5.24. The van der Waals surface area contributed by atoms with Crippen LogP contribution in [0.2, 0.25) is 0 Å². The first-order valence-electron chi connectivity index (χ1n) is 16.7. The average Bonchev–Trinajstić information content (AvgIpc) is 3.00. The van der Waals surface area contributed by atoms with Crippen molar-refractivity contribution >= 4 is 31.6 Å². The van der Waals surface area contributed by atoms with Gasteiger partial charge in [0.2, 0.25) is 11.8 Å². The van der Waals surface area contributed by atoms with Crippen molar-refractivity contribution in [1.82, 2.24) is 10.6 Å². The maximum absolute atomic E-state index is 12.0. The Labute approximate surface area is 289 Å². The molecule has 9 N–H and O–H groups in total. The Hall–Kier alpha value is -2.69. The molecular weight excluding hydrogens is 663 g/mol. The lowest BCUT2D eigenvalue weighted by Gasteiger charge is -2.36. The second-order valence-electron chi connectivity index (χ2n) is 11.6. The van der Waals surface area contributed by atoms with Gasteiger partial charge in [-0.25, -0.2) is 14.2 Å². The minimum atomic E-state index is -4.64. The van der Waals surface area contributed by atoms with Crippen LogP contribution in [0.25, 0.3) is 0 Å². The van der Waals surface area contributed by atoms with Crippen LogP contribution in [0.1, 0.15) is 93.9 Å². The number of hydrogen-bond donors (Lipinski definition) is 7. The maximum atomic E-state index is 12.0. The summed E-state index contributed by atoms with van der Waals surface area (Å²) in [5.41, 5.74) is 13.4. The summed E-state index contributed by atoms with van der Waals surface area (Å²) in [6, 6.07) is -1.44. The highest BCUT2D eigenvalue weighted by Gasteiger charge is 2.37. The zero-order chi connectivity index (χ0) is 37.9. The van der Waals surface area contributed by atoms with E-state index < -0.39 is 20.0 Å². The van der Waals surface area contributed by atoms with Crippen LogP contribution in [0.15, 0.2) is 23.3 Å². The Morgan fingerprint density at radius 3 is 1.22 bits per heavy atom.